The van der Waals surface area contributed by atoms with E-state index in [2.05, 4.69) is 15.5 Å². The number of rotatable bonds is 7. The Hall–Kier alpha value is -3.15. The quantitative estimate of drug-likeness (QED) is 0.533. The number of nitrogens with zero attached hydrogens (tertiary/aromatic N) is 3. The highest BCUT2D eigenvalue weighted by Crippen LogP contribution is 2.15. The SMILES string of the molecule is CCOc1ccccc1C=NNC(=O)CCn1cnc2ccccc21. The van der Waals surface area contributed by atoms with E-state index in [9.17, 15) is 4.79 Å². The van der Waals surface area contributed by atoms with Crippen molar-refractivity contribution in [1.29, 1.82) is 0 Å². The van der Waals surface area contributed by atoms with Crippen LogP contribution in [0.2, 0.25) is 0 Å². The van der Waals surface area contributed by atoms with Crippen molar-refractivity contribution < 1.29 is 9.53 Å². The highest BCUT2D eigenvalue weighted by molar-refractivity contribution is 5.85. The summed E-state index contributed by atoms with van der Waals surface area (Å²) in [4.78, 5) is 16.3. The molecule has 1 N–H and O–H groups in total. The van der Waals surface area contributed by atoms with Gasteiger partial charge in [-0.25, -0.2) is 10.4 Å². The Kier molecular flexibility index (Phi) is 5.41. The largest absolute Gasteiger partial charge is 0.493 e. The number of amides is 1. The zero-order chi connectivity index (χ0) is 17.5. The molecule has 0 spiro atoms. The van der Waals surface area contributed by atoms with Gasteiger partial charge in [0.2, 0.25) is 5.91 Å². The van der Waals surface area contributed by atoms with Gasteiger partial charge in [0, 0.05) is 18.5 Å². The molecular formula is C19H20N4O2. The summed E-state index contributed by atoms with van der Waals surface area (Å²) in [6.07, 6.45) is 3.67. The van der Waals surface area contributed by atoms with Crippen LogP contribution in [0.1, 0.15) is 18.9 Å². The lowest BCUT2D eigenvalue weighted by Gasteiger charge is -2.06. The second kappa shape index (κ2) is 8.10. The molecule has 0 aliphatic heterocycles. The Labute approximate surface area is 146 Å². The summed E-state index contributed by atoms with van der Waals surface area (Å²) in [5.74, 6) is 0.593. The van der Waals surface area contributed by atoms with E-state index in [1.807, 2.05) is 60.0 Å². The zero-order valence-corrected chi connectivity index (χ0v) is 14.1. The molecule has 128 valence electrons. The Morgan fingerprint density at radius 2 is 2.04 bits per heavy atom. The summed E-state index contributed by atoms with van der Waals surface area (Å²) in [5.41, 5.74) is 5.32. The predicted molar refractivity (Wildman–Crippen MR) is 97.7 cm³/mol. The highest BCUT2D eigenvalue weighted by atomic mass is 16.5. The van der Waals surface area contributed by atoms with Crippen molar-refractivity contribution in [2.45, 2.75) is 19.9 Å². The molecule has 0 radical (unpaired) electrons. The molecule has 25 heavy (non-hydrogen) atoms. The summed E-state index contributed by atoms with van der Waals surface area (Å²) < 4.78 is 7.48. The number of para-hydroxylation sites is 3. The summed E-state index contributed by atoms with van der Waals surface area (Å²) in [5, 5.41) is 4.02. The molecule has 0 unspecified atom stereocenters. The molecule has 1 aromatic heterocycles. The van der Waals surface area contributed by atoms with Gasteiger partial charge in [-0.1, -0.05) is 24.3 Å². The number of aryl methyl sites for hydroxylation is 1. The molecule has 0 fully saturated rings. The average Bonchev–Trinajstić information content (AvgIpc) is 3.05. The van der Waals surface area contributed by atoms with E-state index >= 15 is 0 Å². The van der Waals surface area contributed by atoms with Gasteiger partial charge < -0.3 is 9.30 Å². The summed E-state index contributed by atoms with van der Waals surface area (Å²) >= 11 is 0. The molecule has 0 bridgehead atoms. The maximum atomic E-state index is 12.0. The zero-order valence-electron chi connectivity index (χ0n) is 14.1. The summed E-state index contributed by atoms with van der Waals surface area (Å²) in [7, 11) is 0. The number of hydrogen-bond acceptors (Lipinski definition) is 4. The van der Waals surface area contributed by atoms with Gasteiger partial charge in [0.1, 0.15) is 5.75 Å². The van der Waals surface area contributed by atoms with Crippen LogP contribution in [-0.2, 0) is 11.3 Å². The van der Waals surface area contributed by atoms with E-state index in [1.165, 1.54) is 0 Å². The lowest BCUT2D eigenvalue weighted by atomic mass is 10.2. The van der Waals surface area contributed by atoms with Gasteiger partial charge in [-0.2, -0.15) is 5.10 Å². The van der Waals surface area contributed by atoms with Crippen LogP contribution in [0.5, 0.6) is 5.75 Å². The second-order valence-electron chi connectivity index (χ2n) is 5.44. The minimum atomic E-state index is -0.150. The summed E-state index contributed by atoms with van der Waals surface area (Å²) in [6.45, 7) is 3.06. The second-order valence-corrected chi connectivity index (χ2v) is 5.44. The fraction of sp³-hybridized carbons (Fsp3) is 0.211. The standard InChI is InChI=1S/C19H20N4O2/c1-2-25-18-10-6-3-7-15(18)13-21-22-19(24)11-12-23-14-20-16-8-4-5-9-17(16)23/h3-10,13-14H,2,11-12H2,1H3,(H,22,24). The number of imidazole rings is 1. The molecule has 0 aliphatic carbocycles. The first-order valence-electron chi connectivity index (χ1n) is 8.21. The van der Waals surface area contributed by atoms with Crippen molar-refractivity contribution in [3.8, 4) is 5.75 Å². The number of carbonyl (C=O) groups excluding carboxylic acids is 1. The fourth-order valence-corrected chi connectivity index (χ4v) is 2.51. The number of benzene rings is 2. The van der Waals surface area contributed by atoms with Crippen molar-refractivity contribution in [1.82, 2.24) is 15.0 Å². The maximum absolute atomic E-state index is 12.0. The molecule has 0 saturated carbocycles. The van der Waals surface area contributed by atoms with E-state index in [-0.39, 0.29) is 5.91 Å². The molecule has 0 atom stereocenters. The van der Waals surface area contributed by atoms with Gasteiger partial charge in [-0.05, 0) is 31.2 Å². The van der Waals surface area contributed by atoms with Gasteiger partial charge >= 0.3 is 0 Å². The minimum Gasteiger partial charge on any atom is -0.493 e. The molecule has 3 aromatic rings. The van der Waals surface area contributed by atoms with Crippen molar-refractivity contribution in [3.63, 3.8) is 0 Å². The number of nitrogens with one attached hydrogen (secondary N) is 1. The van der Waals surface area contributed by atoms with E-state index in [0.29, 0.717) is 19.6 Å². The molecule has 1 amide bonds. The Balaban J connectivity index is 1.55. The van der Waals surface area contributed by atoms with Crippen molar-refractivity contribution in [3.05, 3.63) is 60.4 Å². The Morgan fingerprint density at radius 1 is 1.24 bits per heavy atom. The van der Waals surface area contributed by atoms with E-state index < -0.39 is 0 Å². The van der Waals surface area contributed by atoms with Gasteiger partial charge in [-0.3, -0.25) is 4.79 Å². The van der Waals surface area contributed by atoms with Crippen LogP contribution in [-0.4, -0.2) is 28.3 Å². The van der Waals surface area contributed by atoms with Crippen LogP contribution >= 0.6 is 0 Å². The van der Waals surface area contributed by atoms with Gasteiger partial charge in [0.15, 0.2) is 0 Å². The van der Waals surface area contributed by atoms with E-state index in [0.717, 1.165) is 22.3 Å². The molecular weight excluding hydrogens is 316 g/mol. The monoisotopic (exact) mass is 336 g/mol. The molecule has 0 aliphatic rings. The Bertz CT molecular complexity index is 886. The van der Waals surface area contributed by atoms with Gasteiger partial charge in [0.25, 0.3) is 0 Å². The third kappa shape index (κ3) is 4.23. The smallest absolute Gasteiger partial charge is 0.241 e. The Morgan fingerprint density at radius 3 is 2.92 bits per heavy atom. The number of ether oxygens (including phenoxy) is 1. The van der Waals surface area contributed by atoms with Gasteiger partial charge in [-0.15, -0.1) is 0 Å². The van der Waals surface area contributed by atoms with Crippen LogP contribution in [0.3, 0.4) is 0 Å². The van der Waals surface area contributed by atoms with Crippen LogP contribution in [0, 0.1) is 0 Å². The van der Waals surface area contributed by atoms with Crippen molar-refractivity contribution in [2.24, 2.45) is 5.10 Å². The average molecular weight is 336 g/mol. The van der Waals surface area contributed by atoms with Gasteiger partial charge in [0.05, 0.1) is 30.2 Å². The molecule has 6 nitrogen and oxygen atoms in total. The van der Waals surface area contributed by atoms with E-state index in [1.54, 1.807) is 12.5 Å². The predicted octanol–water partition coefficient (Wildman–Crippen LogP) is 2.98. The lowest BCUT2D eigenvalue weighted by molar-refractivity contribution is -0.121. The number of aromatic nitrogens is 2. The number of fused-ring (bicyclic) bond motifs is 1. The molecule has 2 aromatic carbocycles. The topological polar surface area (TPSA) is 68.5 Å². The normalized spacial score (nSPS) is 11.1. The third-order valence-corrected chi connectivity index (χ3v) is 3.72. The van der Waals surface area contributed by atoms with Crippen molar-refractivity contribution >= 4 is 23.2 Å². The number of hydrogen-bond donors (Lipinski definition) is 1. The third-order valence-electron chi connectivity index (χ3n) is 3.72. The first-order chi connectivity index (χ1) is 12.3. The summed E-state index contributed by atoms with van der Waals surface area (Å²) in [6, 6.07) is 15.4. The minimum absolute atomic E-state index is 0.150. The fourth-order valence-electron chi connectivity index (χ4n) is 2.51. The number of carbonyl (C=O) groups is 1. The first kappa shape index (κ1) is 16.7. The molecule has 1 heterocycles. The molecule has 6 heteroatoms. The van der Waals surface area contributed by atoms with Crippen LogP contribution in [0.25, 0.3) is 11.0 Å². The van der Waals surface area contributed by atoms with Crippen LogP contribution in [0.15, 0.2) is 60.0 Å². The van der Waals surface area contributed by atoms with Crippen LogP contribution < -0.4 is 10.2 Å². The highest BCUT2D eigenvalue weighted by Gasteiger charge is 2.05. The molecule has 0 saturated heterocycles. The van der Waals surface area contributed by atoms with E-state index in [4.69, 9.17) is 4.74 Å². The number of hydrazone groups is 1. The lowest BCUT2D eigenvalue weighted by Crippen LogP contribution is -2.19. The van der Waals surface area contributed by atoms with Crippen molar-refractivity contribution in [2.75, 3.05) is 6.61 Å². The van der Waals surface area contributed by atoms with Crippen LogP contribution in [0.4, 0.5) is 0 Å². The molecule has 3 rings (SSSR count). The maximum Gasteiger partial charge on any atom is 0.241 e. The first-order valence-corrected chi connectivity index (χ1v) is 8.21.